The summed E-state index contributed by atoms with van der Waals surface area (Å²) in [5.74, 6) is 0. The average molecular weight is 540 g/mol. The Kier molecular flexibility index (Phi) is 6.88. The van der Waals surface area contributed by atoms with Crippen LogP contribution in [0.4, 0.5) is 28.4 Å². The first-order valence-corrected chi connectivity index (χ1v) is 13.5. The van der Waals surface area contributed by atoms with Crippen LogP contribution in [0.5, 0.6) is 0 Å². The first kappa shape index (κ1) is 26.0. The van der Waals surface area contributed by atoms with Crippen molar-refractivity contribution >= 4 is 59.4 Å². The third kappa shape index (κ3) is 5.86. The fraction of sp³-hybridized carbons (Fsp3) is 0.0833. The van der Waals surface area contributed by atoms with Crippen LogP contribution >= 0.6 is 0 Å². The molecule has 4 aromatic rings. The molecule has 0 aromatic heterocycles. The van der Waals surface area contributed by atoms with Crippen molar-refractivity contribution in [1.82, 2.24) is 0 Å². The van der Waals surface area contributed by atoms with Crippen LogP contribution in [-0.2, 0) is 20.2 Å². The molecule has 0 radical (unpaired) electrons. The van der Waals surface area contributed by atoms with Gasteiger partial charge in [0.1, 0.15) is 0 Å². The van der Waals surface area contributed by atoms with E-state index in [2.05, 4.69) is 20.5 Å². The van der Waals surface area contributed by atoms with Crippen molar-refractivity contribution in [2.45, 2.75) is 23.6 Å². The van der Waals surface area contributed by atoms with Crippen molar-refractivity contribution in [2.24, 2.45) is 20.5 Å². The largest absolute Gasteiger partial charge is 0.398 e. The molecule has 0 heterocycles. The molecule has 0 aliphatic carbocycles. The van der Waals surface area contributed by atoms with E-state index in [1.165, 1.54) is 36.4 Å². The average Bonchev–Trinajstić information content (AvgIpc) is 2.83. The Bertz CT molecular complexity index is 1820. The van der Waals surface area contributed by atoms with Crippen molar-refractivity contribution in [3.63, 3.8) is 0 Å². The van der Waals surface area contributed by atoms with Crippen LogP contribution in [-0.4, -0.2) is 25.9 Å². The summed E-state index contributed by atoms with van der Waals surface area (Å²) in [6, 6.07) is 16.2. The summed E-state index contributed by atoms with van der Waals surface area (Å²) in [6.07, 6.45) is 0. The van der Waals surface area contributed by atoms with Gasteiger partial charge in [-0.15, -0.1) is 5.11 Å². The van der Waals surface area contributed by atoms with Gasteiger partial charge in [0.15, 0.2) is 0 Å². The van der Waals surface area contributed by atoms with E-state index < -0.39 is 20.2 Å². The first-order chi connectivity index (χ1) is 17.3. The van der Waals surface area contributed by atoms with Crippen molar-refractivity contribution in [2.75, 3.05) is 5.73 Å². The second kappa shape index (κ2) is 9.78. The molecular weight excluding hydrogens is 518 g/mol. The van der Waals surface area contributed by atoms with E-state index in [9.17, 15) is 25.9 Å². The fourth-order valence-corrected chi connectivity index (χ4v) is 4.54. The number of aryl methyl sites for hydroxylation is 2. The lowest BCUT2D eigenvalue weighted by Crippen LogP contribution is -1.98. The molecule has 0 saturated carbocycles. The molecule has 0 saturated heterocycles. The highest BCUT2D eigenvalue weighted by Gasteiger charge is 2.13. The standard InChI is InChI=1S/C24H21N5O6S2/c1-14-11-24(15(2)10-23(14)28-26-16-4-3-5-17(12-16)36(30,31)32)29-27-22-9-8-21(25)19-7-6-18(13-20(19)22)37(33,34)35/h3-13H,25H2,1-2H3,(H,30,31,32)(H,33,34,35)/b28-26+,29-27+. The SMILES string of the molecule is Cc1cc(/N=N/c2ccc(N)c3ccc(S(=O)(=O)O)cc23)c(C)cc1/N=N/c1cccc(S(=O)(=O)O)c1. The quantitative estimate of drug-likeness (QED) is 0.144. The van der Waals surface area contributed by atoms with Gasteiger partial charge in [-0.1, -0.05) is 12.1 Å². The summed E-state index contributed by atoms with van der Waals surface area (Å²) < 4.78 is 64.4. The fourth-order valence-electron chi connectivity index (χ4n) is 3.51. The normalized spacial score (nSPS) is 12.6. The molecule has 0 bridgehead atoms. The van der Waals surface area contributed by atoms with Crippen LogP contribution in [0.25, 0.3) is 10.8 Å². The molecule has 0 fully saturated rings. The van der Waals surface area contributed by atoms with Crippen LogP contribution in [0, 0.1) is 13.8 Å². The molecule has 4 rings (SSSR count). The number of nitrogens with zero attached hydrogens (tertiary/aromatic N) is 4. The molecule has 0 aliphatic rings. The highest BCUT2D eigenvalue weighted by molar-refractivity contribution is 7.86. The molecule has 13 heteroatoms. The Morgan fingerprint density at radius 3 is 1.81 bits per heavy atom. The van der Waals surface area contributed by atoms with E-state index in [1.54, 1.807) is 44.2 Å². The van der Waals surface area contributed by atoms with Gasteiger partial charge >= 0.3 is 0 Å². The number of rotatable bonds is 6. The molecule has 37 heavy (non-hydrogen) atoms. The Balaban J connectivity index is 1.67. The first-order valence-electron chi connectivity index (χ1n) is 10.6. The maximum absolute atomic E-state index is 11.6. The summed E-state index contributed by atoms with van der Waals surface area (Å²) in [6.45, 7) is 3.59. The summed E-state index contributed by atoms with van der Waals surface area (Å²) >= 11 is 0. The van der Waals surface area contributed by atoms with Crippen LogP contribution in [0.2, 0.25) is 0 Å². The predicted molar refractivity (Wildman–Crippen MR) is 139 cm³/mol. The molecule has 0 unspecified atom stereocenters. The Hall–Kier alpha value is -4.04. The van der Waals surface area contributed by atoms with Crippen molar-refractivity contribution in [3.05, 3.63) is 77.9 Å². The molecule has 0 amide bonds. The highest BCUT2D eigenvalue weighted by Crippen LogP contribution is 2.35. The second-order valence-electron chi connectivity index (χ2n) is 8.15. The van der Waals surface area contributed by atoms with Gasteiger partial charge in [-0.25, -0.2) is 0 Å². The van der Waals surface area contributed by atoms with E-state index in [0.717, 1.165) is 0 Å². The summed E-state index contributed by atoms with van der Waals surface area (Å²) in [4.78, 5) is -0.572. The topological polar surface area (TPSA) is 184 Å². The second-order valence-corrected chi connectivity index (χ2v) is 11.0. The van der Waals surface area contributed by atoms with E-state index in [-0.39, 0.29) is 15.5 Å². The molecule has 190 valence electrons. The number of hydrogen-bond acceptors (Lipinski definition) is 9. The maximum atomic E-state index is 11.6. The minimum atomic E-state index is -4.42. The number of azo groups is 2. The zero-order valence-corrected chi connectivity index (χ0v) is 21.2. The number of benzene rings is 4. The van der Waals surface area contributed by atoms with Gasteiger partial charge in [0.2, 0.25) is 0 Å². The number of anilines is 1. The lowest BCUT2D eigenvalue weighted by Gasteiger charge is -2.07. The predicted octanol–water partition coefficient (Wildman–Crippen LogP) is 6.36. The van der Waals surface area contributed by atoms with Gasteiger partial charge < -0.3 is 5.73 Å². The van der Waals surface area contributed by atoms with E-state index in [4.69, 9.17) is 5.73 Å². The number of nitrogen functional groups attached to an aromatic ring is 1. The third-order valence-electron chi connectivity index (χ3n) is 5.47. The maximum Gasteiger partial charge on any atom is 0.294 e. The highest BCUT2D eigenvalue weighted by atomic mass is 32.2. The summed E-state index contributed by atoms with van der Waals surface area (Å²) in [5, 5.41) is 17.8. The molecule has 0 spiro atoms. The van der Waals surface area contributed by atoms with Crippen LogP contribution < -0.4 is 5.73 Å². The van der Waals surface area contributed by atoms with E-state index in [1.807, 2.05) is 0 Å². The van der Waals surface area contributed by atoms with Gasteiger partial charge in [-0.2, -0.15) is 32.2 Å². The minimum absolute atomic E-state index is 0.246. The van der Waals surface area contributed by atoms with E-state index >= 15 is 0 Å². The molecule has 4 aromatic carbocycles. The van der Waals surface area contributed by atoms with Gasteiger partial charge in [-0.05, 0) is 79.6 Å². The zero-order valence-electron chi connectivity index (χ0n) is 19.6. The van der Waals surface area contributed by atoms with E-state index in [0.29, 0.717) is 44.6 Å². The van der Waals surface area contributed by atoms with Crippen LogP contribution in [0.15, 0.2) is 97.0 Å². The van der Waals surface area contributed by atoms with Crippen LogP contribution in [0.1, 0.15) is 11.1 Å². The Morgan fingerprint density at radius 2 is 1.19 bits per heavy atom. The van der Waals surface area contributed by atoms with Crippen molar-refractivity contribution in [1.29, 1.82) is 0 Å². The zero-order chi connectivity index (χ0) is 27.0. The van der Waals surface area contributed by atoms with Gasteiger partial charge in [0.25, 0.3) is 20.2 Å². The molecule has 0 aliphatic heterocycles. The summed E-state index contributed by atoms with van der Waals surface area (Å²) in [7, 11) is -8.78. The summed E-state index contributed by atoms with van der Waals surface area (Å²) in [5.41, 5.74) is 9.50. The van der Waals surface area contributed by atoms with Gasteiger partial charge in [0, 0.05) is 16.5 Å². The van der Waals surface area contributed by atoms with Gasteiger partial charge in [0.05, 0.1) is 32.5 Å². The lowest BCUT2D eigenvalue weighted by atomic mass is 10.1. The monoisotopic (exact) mass is 539 g/mol. The Morgan fingerprint density at radius 1 is 0.622 bits per heavy atom. The number of fused-ring (bicyclic) bond motifs is 1. The van der Waals surface area contributed by atoms with Crippen molar-refractivity contribution in [3.8, 4) is 0 Å². The smallest absolute Gasteiger partial charge is 0.294 e. The molecule has 4 N–H and O–H groups in total. The number of hydrogen-bond donors (Lipinski definition) is 3. The van der Waals surface area contributed by atoms with Crippen molar-refractivity contribution < 1.29 is 25.9 Å². The molecule has 11 nitrogen and oxygen atoms in total. The Labute approximate surface area is 212 Å². The third-order valence-corrected chi connectivity index (χ3v) is 7.16. The van der Waals surface area contributed by atoms with Crippen LogP contribution in [0.3, 0.4) is 0 Å². The molecular formula is C24H21N5O6S2. The number of nitrogens with two attached hydrogens (primary N) is 1. The molecule has 0 atom stereocenters. The lowest BCUT2D eigenvalue weighted by molar-refractivity contribution is 0.481. The van der Waals surface area contributed by atoms with Gasteiger partial charge in [-0.3, -0.25) is 9.11 Å². The minimum Gasteiger partial charge on any atom is -0.398 e.